The van der Waals surface area contributed by atoms with Gasteiger partial charge in [0.15, 0.2) is 0 Å². The van der Waals surface area contributed by atoms with E-state index in [4.69, 9.17) is 0 Å². The monoisotopic (exact) mass is 767 g/mol. The van der Waals surface area contributed by atoms with Gasteiger partial charge in [0.05, 0.1) is 15.6 Å². The van der Waals surface area contributed by atoms with Crippen LogP contribution in [0.2, 0.25) is 0 Å². The van der Waals surface area contributed by atoms with Gasteiger partial charge in [-0.15, -0.1) is 0 Å². The first-order valence-electron chi connectivity index (χ1n) is 21.4. The molecule has 0 N–H and O–H groups in total. The second-order valence-electron chi connectivity index (χ2n) is 19.7. The molecular weight excluding hydrogens is 690 g/mol. The molecule has 0 aliphatic heterocycles. The smallest absolute Gasteiger partial charge is 0.110 e. The van der Waals surface area contributed by atoms with Gasteiger partial charge < -0.3 is 0 Å². The maximum Gasteiger partial charge on any atom is 0.110 e. The van der Waals surface area contributed by atoms with Gasteiger partial charge in [0.2, 0.25) is 0 Å². The summed E-state index contributed by atoms with van der Waals surface area (Å²) in [5.41, 5.74) is 25.4. The van der Waals surface area contributed by atoms with Crippen LogP contribution in [0, 0.1) is 83.1 Å². The molecule has 0 nitrogen and oxygen atoms in total. The van der Waals surface area contributed by atoms with E-state index in [2.05, 4.69) is 205 Å². The summed E-state index contributed by atoms with van der Waals surface area (Å²) < 4.78 is 0. The predicted molar refractivity (Wildman–Crippen MR) is 260 cm³/mol. The Morgan fingerprint density at radius 3 is 0.750 bits per heavy atom. The maximum absolute atomic E-state index is 2.48. The zero-order valence-electron chi connectivity index (χ0n) is 39.3. The second kappa shape index (κ2) is 17.2. The first-order valence-corrected chi connectivity index (χ1v) is 22.9. The van der Waals surface area contributed by atoms with Gasteiger partial charge in [0.25, 0.3) is 0 Å². The van der Waals surface area contributed by atoms with Gasteiger partial charge in [-0.1, -0.05) is 135 Å². The first kappa shape index (κ1) is 45.3. The van der Waals surface area contributed by atoms with Gasteiger partial charge in [-0.2, -0.15) is 21.9 Å². The molecular formula is C54H76BP. The lowest BCUT2D eigenvalue weighted by Crippen LogP contribution is -2.78. The molecule has 0 radical (unpaired) electrons. The van der Waals surface area contributed by atoms with Crippen LogP contribution in [0.15, 0.2) is 66.7 Å². The molecule has 0 atom stereocenters. The molecule has 0 spiro atoms. The quantitative estimate of drug-likeness (QED) is 0.114. The van der Waals surface area contributed by atoms with Crippen LogP contribution < -0.4 is 27.2 Å². The number of hydrogen-bond donors (Lipinski definition) is 0. The second-order valence-corrected chi connectivity index (χ2v) is 24.1. The summed E-state index contributed by atoms with van der Waals surface area (Å²) >= 11 is 0. The molecule has 56 heavy (non-hydrogen) atoms. The van der Waals surface area contributed by atoms with E-state index in [1.807, 2.05) is 0 Å². The highest BCUT2D eigenvalue weighted by Crippen LogP contribution is 2.58. The Morgan fingerprint density at radius 1 is 0.357 bits per heavy atom. The molecule has 0 amide bonds. The lowest BCUT2D eigenvalue weighted by Gasteiger charge is -2.51. The van der Waals surface area contributed by atoms with Gasteiger partial charge in [-0.05, 0) is 161 Å². The summed E-state index contributed by atoms with van der Waals surface area (Å²) in [6.45, 7) is 46.6. The third kappa shape index (κ3) is 9.15. The molecule has 300 valence electrons. The molecule has 0 heterocycles. The van der Waals surface area contributed by atoms with E-state index in [1.165, 1.54) is 99.7 Å². The highest BCUT2D eigenvalue weighted by Gasteiger charge is 2.44. The third-order valence-electron chi connectivity index (χ3n) is 12.3. The van der Waals surface area contributed by atoms with E-state index in [0.29, 0.717) is 10.3 Å². The fourth-order valence-corrected chi connectivity index (χ4v) is 16.3. The fourth-order valence-electron chi connectivity index (χ4n) is 11.7. The lowest BCUT2D eigenvalue weighted by atomic mass is 9.10. The van der Waals surface area contributed by atoms with E-state index in [-0.39, 0.29) is 0 Å². The van der Waals surface area contributed by atoms with E-state index >= 15 is 0 Å². The summed E-state index contributed by atoms with van der Waals surface area (Å²) in [6, 6.07) is 26.5. The Bertz CT molecular complexity index is 1850. The molecule has 0 fully saturated rings. The Labute approximate surface area is 346 Å². The standard InChI is InChI=1S/C36H44B.C18H31P/c1-21-13-25(5)33(26(6)14-21)37(34-27(7)15-22(2)16-28(34)8,35-29(9)17-23(3)18-30(35)10)36-31(11)19-24(4)20-32(36)12;1-9-14-11-15(10-2)13-16(12-14)19(17(3,4)5)18(6,7)8/h13-20H,1-12H3;11-13H,9-10H2,1-8H3/q-1;/p+1. The van der Waals surface area contributed by atoms with Crippen LogP contribution >= 0.6 is 7.92 Å². The van der Waals surface area contributed by atoms with Gasteiger partial charge in [0, 0.05) is 7.92 Å². The summed E-state index contributed by atoms with van der Waals surface area (Å²) in [7, 11) is -0.617. The summed E-state index contributed by atoms with van der Waals surface area (Å²) in [5, 5.41) is 2.40. The molecule has 0 saturated heterocycles. The van der Waals surface area contributed by atoms with Gasteiger partial charge in [-0.3, -0.25) is 0 Å². The summed E-state index contributed by atoms with van der Waals surface area (Å²) in [4.78, 5) is 0. The number of hydrogen-bond acceptors (Lipinski definition) is 0. The number of aryl methyl sites for hydroxylation is 14. The molecule has 5 aromatic rings. The molecule has 0 aliphatic rings. The highest BCUT2D eigenvalue weighted by atomic mass is 31.1. The van der Waals surface area contributed by atoms with Crippen LogP contribution in [0.5, 0.6) is 0 Å². The molecule has 0 aromatic heterocycles. The van der Waals surface area contributed by atoms with E-state index in [9.17, 15) is 0 Å². The van der Waals surface area contributed by atoms with Gasteiger partial charge in [-0.25, -0.2) is 0 Å². The van der Waals surface area contributed by atoms with Crippen molar-refractivity contribution in [2.24, 2.45) is 0 Å². The zero-order valence-corrected chi connectivity index (χ0v) is 40.3. The van der Waals surface area contributed by atoms with Gasteiger partial charge in [0.1, 0.15) is 6.15 Å². The summed E-state index contributed by atoms with van der Waals surface area (Å²) in [5.74, 6) is 0. The number of benzene rings is 5. The maximum atomic E-state index is 2.48. The molecule has 0 aliphatic carbocycles. The number of rotatable bonds is 7. The minimum absolute atomic E-state index is 0.389. The minimum atomic E-state index is -1.48. The third-order valence-corrected chi connectivity index (χ3v) is 16.2. The van der Waals surface area contributed by atoms with Gasteiger partial charge >= 0.3 is 0 Å². The van der Waals surface area contributed by atoms with Crippen molar-refractivity contribution in [3.63, 3.8) is 0 Å². The van der Waals surface area contributed by atoms with Crippen molar-refractivity contribution in [3.05, 3.63) is 145 Å². The zero-order chi connectivity index (χ0) is 42.2. The normalized spacial score (nSPS) is 12.2. The van der Waals surface area contributed by atoms with Crippen LogP contribution in [0.25, 0.3) is 0 Å². The molecule has 0 bridgehead atoms. The molecule has 0 saturated carbocycles. The fraction of sp³-hybridized carbons (Fsp3) is 0.444. The van der Waals surface area contributed by atoms with Crippen molar-refractivity contribution in [2.45, 2.75) is 162 Å². The van der Waals surface area contributed by atoms with Crippen LogP contribution in [0.4, 0.5) is 0 Å². The SMILES string of the molecule is CCc1cc(CC)cc([PH+](C(C)(C)C)C(C)(C)C)c1.Cc1cc(C)c([B-](c2c(C)cc(C)cc2C)(c2c(C)cc(C)cc2C)c2c(C)cc(C)cc2C)c(C)c1. The minimum Gasteiger partial charge on any atom is -0.189 e. The topological polar surface area (TPSA) is 0 Å². The predicted octanol–water partition coefficient (Wildman–Crippen LogP) is 12.0. The molecule has 5 aromatic carbocycles. The van der Waals surface area contributed by atoms with Crippen molar-refractivity contribution in [2.75, 3.05) is 0 Å². The molecule has 5 rings (SSSR count). The Balaban J connectivity index is 0.000000309. The Hall–Kier alpha value is -3.41. The average molecular weight is 767 g/mol. The largest absolute Gasteiger partial charge is 0.189 e. The Kier molecular flexibility index (Phi) is 13.9. The first-order chi connectivity index (χ1) is 25.9. The molecule has 2 heteroatoms. The van der Waals surface area contributed by atoms with E-state index in [0.717, 1.165) is 12.8 Å². The van der Waals surface area contributed by atoms with E-state index < -0.39 is 14.1 Å². The summed E-state index contributed by atoms with van der Waals surface area (Å²) in [6.07, 6.45) is 0.809. The molecule has 0 unspecified atom stereocenters. The van der Waals surface area contributed by atoms with Crippen molar-refractivity contribution < 1.29 is 0 Å². The van der Waals surface area contributed by atoms with Crippen molar-refractivity contribution >= 4 is 41.2 Å². The van der Waals surface area contributed by atoms with Crippen LogP contribution in [0.3, 0.4) is 0 Å². The Morgan fingerprint density at radius 2 is 0.571 bits per heavy atom. The van der Waals surface area contributed by atoms with Crippen LogP contribution in [0.1, 0.15) is 133 Å². The van der Waals surface area contributed by atoms with Crippen LogP contribution in [-0.2, 0) is 12.8 Å². The van der Waals surface area contributed by atoms with Crippen molar-refractivity contribution in [1.82, 2.24) is 0 Å². The van der Waals surface area contributed by atoms with Crippen molar-refractivity contribution in [3.8, 4) is 0 Å². The highest BCUT2D eigenvalue weighted by molar-refractivity contribution is 7.68. The van der Waals surface area contributed by atoms with Crippen LogP contribution in [-0.4, -0.2) is 16.5 Å². The van der Waals surface area contributed by atoms with E-state index in [1.54, 1.807) is 5.30 Å². The van der Waals surface area contributed by atoms with Crippen molar-refractivity contribution in [1.29, 1.82) is 0 Å². The average Bonchev–Trinajstić information content (AvgIpc) is 3.01. The lowest BCUT2D eigenvalue weighted by molar-refractivity contribution is 0.714.